The van der Waals surface area contributed by atoms with Crippen LogP contribution in [0.15, 0.2) is 53.6 Å². The lowest BCUT2D eigenvalue weighted by molar-refractivity contribution is -0.393. The molecule has 0 atom stereocenters. The lowest BCUT2D eigenvalue weighted by Gasteiger charge is -2.08. The summed E-state index contributed by atoms with van der Waals surface area (Å²) in [5, 5.41) is 35.0. The Labute approximate surface area is 159 Å². The van der Waals surface area contributed by atoms with Crippen LogP contribution in [-0.2, 0) is 4.79 Å². The van der Waals surface area contributed by atoms with Crippen molar-refractivity contribution in [2.75, 3.05) is 5.43 Å². The Hall–Kier alpha value is -3.82. The van der Waals surface area contributed by atoms with Gasteiger partial charge < -0.3 is 5.11 Å². The number of carboxylic acids is 1. The molecule has 0 radical (unpaired) electrons. The normalized spacial score (nSPS) is 11.1. The molecule has 10 nitrogen and oxygen atoms in total. The van der Waals surface area contributed by atoms with E-state index < -0.39 is 27.2 Å². The number of hydrazone groups is 1. The predicted molar refractivity (Wildman–Crippen MR) is 102 cm³/mol. The minimum atomic E-state index is -0.877. The van der Waals surface area contributed by atoms with E-state index in [9.17, 15) is 25.0 Å². The number of unbranched alkanes of at least 4 members (excludes halogenated alkanes) is 1. The maximum Gasteiger partial charge on any atom is 0.303 e. The molecule has 0 heterocycles. The molecule has 10 heteroatoms. The van der Waals surface area contributed by atoms with Crippen molar-refractivity contribution in [1.82, 2.24) is 0 Å². The summed E-state index contributed by atoms with van der Waals surface area (Å²) < 4.78 is 0. The molecule has 0 aliphatic rings. The molecule has 2 aromatic rings. The molecule has 0 fully saturated rings. The van der Waals surface area contributed by atoms with E-state index in [0.29, 0.717) is 25.0 Å². The van der Waals surface area contributed by atoms with Crippen molar-refractivity contribution in [3.05, 3.63) is 74.3 Å². The Morgan fingerprint density at radius 2 is 1.68 bits per heavy atom. The molecule has 0 aliphatic heterocycles. The van der Waals surface area contributed by atoms with Gasteiger partial charge in [0.05, 0.1) is 21.6 Å². The quantitative estimate of drug-likeness (QED) is 0.272. The first-order valence-corrected chi connectivity index (χ1v) is 8.41. The van der Waals surface area contributed by atoms with E-state index in [4.69, 9.17) is 5.11 Å². The Morgan fingerprint density at radius 3 is 2.29 bits per heavy atom. The number of rotatable bonds is 10. The van der Waals surface area contributed by atoms with Gasteiger partial charge >= 0.3 is 11.7 Å². The molecule has 0 aliphatic carbocycles. The lowest BCUT2D eigenvalue weighted by atomic mass is 10.0. The Balaban J connectivity index is 2.25. The monoisotopic (exact) mass is 386 g/mol. The van der Waals surface area contributed by atoms with E-state index in [1.54, 1.807) is 0 Å². The summed E-state index contributed by atoms with van der Waals surface area (Å²) in [5.74, 6) is -0.877. The molecule has 146 valence electrons. The van der Waals surface area contributed by atoms with E-state index >= 15 is 0 Å². The van der Waals surface area contributed by atoms with Crippen molar-refractivity contribution in [3.8, 4) is 0 Å². The van der Waals surface area contributed by atoms with Crippen LogP contribution >= 0.6 is 0 Å². The molecule has 0 amide bonds. The van der Waals surface area contributed by atoms with Crippen LogP contribution in [0.5, 0.6) is 0 Å². The zero-order chi connectivity index (χ0) is 20.5. The summed E-state index contributed by atoms with van der Waals surface area (Å²) in [6.07, 6.45) is 1.55. The van der Waals surface area contributed by atoms with Crippen LogP contribution in [0.25, 0.3) is 0 Å². The first-order valence-electron chi connectivity index (χ1n) is 8.41. The maximum atomic E-state index is 11.2. The SMILES string of the molecule is O=C(O)CCCC/C(=N/Nc1ccc([N+](=O)[O-])cc1[N+](=O)[O-])c1ccccc1. The number of hydrogen-bond acceptors (Lipinski definition) is 7. The van der Waals surface area contributed by atoms with Gasteiger partial charge in [-0.15, -0.1) is 0 Å². The Kier molecular flexibility index (Phi) is 7.14. The van der Waals surface area contributed by atoms with Crippen molar-refractivity contribution >= 4 is 28.7 Å². The highest BCUT2D eigenvalue weighted by atomic mass is 16.6. The van der Waals surface area contributed by atoms with Crippen molar-refractivity contribution in [1.29, 1.82) is 0 Å². The average molecular weight is 386 g/mol. The number of benzene rings is 2. The van der Waals surface area contributed by atoms with E-state index in [1.807, 2.05) is 30.3 Å². The highest BCUT2D eigenvalue weighted by molar-refractivity contribution is 6.01. The Morgan fingerprint density at radius 1 is 1.00 bits per heavy atom. The highest BCUT2D eigenvalue weighted by Gasteiger charge is 2.19. The first kappa shape index (κ1) is 20.5. The Bertz CT molecular complexity index is 898. The molecule has 0 saturated heterocycles. The van der Waals surface area contributed by atoms with Gasteiger partial charge in [0.25, 0.3) is 5.69 Å². The van der Waals surface area contributed by atoms with Gasteiger partial charge in [0.2, 0.25) is 0 Å². The van der Waals surface area contributed by atoms with E-state index in [0.717, 1.165) is 17.7 Å². The predicted octanol–water partition coefficient (Wildman–Crippen LogP) is 3.96. The minimum absolute atomic E-state index is 0.0227. The molecule has 0 aromatic heterocycles. The molecular formula is C18H18N4O6. The maximum absolute atomic E-state index is 11.2. The summed E-state index contributed by atoms with van der Waals surface area (Å²) in [6, 6.07) is 12.4. The third-order valence-corrected chi connectivity index (χ3v) is 3.86. The molecule has 2 rings (SSSR count). The van der Waals surface area contributed by atoms with Crippen molar-refractivity contribution in [2.24, 2.45) is 5.10 Å². The summed E-state index contributed by atoms with van der Waals surface area (Å²) in [7, 11) is 0. The number of nitro benzene ring substituents is 2. The number of aliphatic carboxylic acids is 1. The summed E-state index contributed by atoms with van der Waals surface area (Å²) >= 11 is 0. The van der Waals surface area contributed by atoms with Gasteiger partial charge in [-0.25, -0.2) is 0 Å². The zero-order valence-electron chi connectivity index (χ0n) is 14.8. The fraction of sp³-hybridized carbons (Fsp3) is 0.222. The summed E-state index contributed by atoms with van der Waals surface area (Å²) in [4.78, 5) is 31.3. The van der Waals surface area contributed by atoms with Gasteiger partial charge in [-0.05, 0) is 30.9 Å². The van der Waals surface area contributed by atoms with Crippen LogP contribution in [0.2, 0.25) is 0 Å². The van der Waals surface area contributed by atoms with Crippen LogP contribution in [0.1, 0.15) is 31.2 Å². The van der Waals surface area contributed by atoms with Crippen LogP contribution in [0.4, 0.5) is 17.1 Å². The number of nitro groups is 2. The standard InChI is InChI=1S/C18H18N4O6/c23-18(24)9-5-4-8-15(13-6-2-1-3-7-13)19-20-16-11-10-14(21(25)26)12-17(16)22(27)28/h1-3,6-7,10-12,20H,4-5,8-9H2,(H,23,24)/b19-15-. The van der Waals surface area contributed by atoms with Crippen LogP contribution in [0.3, 0.4) is 0 Å². The highest BCUT2D eigenvalue weighted by Crippen LogP contribution is 2.29. The number of nitrogens with one attached hydrogen (secondary N) is 1. The largest absolute Gasteiger partial charge is 0.481 e. The number of carboxylic acid groups (broad SMARTS) is 1. The minimum Gasteiger partial charge on any atom is -0.481 e. The third-order valence-electron chi connectivity index (χ3n) is 3.86. The van der Waals surface area contributed by atoms with E-state index in [2.05, 4.69) is 10.5 Å². The molecule has 0 saturated carbocycles. The molecule has 0 bridgehead atoms. The third kappa shape index (κ3) is 5.87. The summed E-state index contributed by atoms with van der Waals surface area (Å²) in [5.41, 5.74) is 3.17. The first-order chi connectivity index (χ1) is 13.4. The fourth-order valence-corrected chi connectivity index (χ4v) is 2.47. The molecule has 2 N–H and O–H groups in total. The van der Waals surface area contributed by atoms with Crippen LogP contribution in [0, 0.1) is 20.2 Å². The number of nitrogens with zero attached hydrogens (tertiary/aromatic N) is 3. The smallest absolute Gasteiger partial charge is 0.303 e. The van der Waals surface area contributed by atoms with Crippen molar-refractivity contribution in [2.45, 2.75) is 25.7 Å². The van der Waals surface area contributed by atoms with Gasteiger partial charge in [0.1, 0.15) is 5.69 Å². The van der Waals surface area contributed by atoms with Crippen molar-refractivity contribution in [3.63, 3.8) is 0 Å². The number of non-ortho nitro benzene ring substituents is 1. The lowest BCUT2D eigenvalue weighted by Crippen LogP contribution is -2.06. The number of hydrogen-bond donors (Lipinski definition) is 2. The van der Waals surface area contributed by atoms with E-state index in [1.165, 1.54) is 6.07 Å². The van der Waals surface area contributed by atoms with Crippen LogP contribution < -0.4 is 5.43 Å². The molecule has 0 unspecified atom stereocenters. The second-order valence-electron chi connectivity index (χ2n) is 5.85. The topological polar surface area (TPSA) is 148 Å². The second kappa shape index (κ2) is 9.76. The molecular weight excluding hydrogens is 368 g/mol. The van der Waals surface area contributed by atoms with Crippen molar-refractivity contribution < 1.29 is 19.7 Å². The van der Waals surface area contributed by atoms with Gasteiger partial charge in [-0.2, -0.15) is 5.10 Å². The van der Waals surface area contributed by atoms with Gasteiger partial charge in [0.15, 0.2) is 0 Å². The summed E-state index contributed by atoms with van der Waals surface area (Å²) in [6.45, 7) is 0. The fourth-order valence-electron chi connectivity index (χ4n) is 2.47. The van der Waals surface area contributed by atoms with E-state index in [-0.39, 0.29) is 12.1 Å². The molecule has 2 aromatic carbocycles. The second-order valence-corrected chi connectivity index (χ2v) is 5.85. The zero-order valence-corrected chi connectivity index (χ0v) is 14.8. The molecule has 28 heavy (non-hydrogen) atoms. The molecule has 0 spiro atoms. The number of anilines is 1. The number of carbonyl (C=O) groups is 1. The average Bonchev–Trinajstić information content (AvgIpc) is 2.67. The van der Waals surface area contributed by atoms with Gasteiger partial charge in [-0.1, -0.05) is 30.3 Å². The van der Waals surface area contributed by atoms with Gasteiger partial charge in [0, 0.05) is 12.5 Å². The van der Waals surface area contributed by atoms with Gasteiger partial charge in [-0.3, -0.25) is 30.4 Å². The van der Waals surface area contributed by atoms with Crippen LogP contribution in [-0.4, -0.2) is 26.6 Å².